The summed E-state index contributed by atoms with van der Waals surface area (Å²) in [5.41, 5.74) is 3.32. The maximum atomic E-state index is 13.9. The van der Waals surface area contributed by atoms with Gasteiger partial charge in [-0.25, -0.2) is 4.90 Å². The van der Waals surface area contributed by atoms with Crippen molar-refractivity contribution >= 4 is 23.1 Å². The van der Waals surface area contributed by atoms with E-state index in [9.17, 15) is 9.59 Å². The number of carbonyl (C=O) groups excluding carboxylic acids is 2. The lowest BCUT2D eigenvalue weighted by atomic mass is 9.87. The van der Waals surface area contributed by atoms with Gasteiger partial charge in [0.25, 0.3) is 11.8 Å². The van der Waals surface area contributed by atoms with E-state index in [4.69, 9.17) is 4.74 Å². The maximum absolute atomic E-state index is 13.9. The Kier molecular flexibility index (Phi) is 6.08. The van der Waals surface area contributed by atoms with E-state index in [2.05, 4.69) is 39.5 Å². The molecule has 2 amide bonds. The minimum atomic E-state index is -0.297. The number of likely N-dealkylation sites (tertiary alicyclic amines) is 1. The Labute approximate surface area is 197 Å². The van der Waals surface area contributed by atoms with Crippen molar-refractivity contribution < 1.29 is 14.3 Å². The highest BCUT2D eigenvalue weighted by Crippen LogP contribution is 2.40. The number of benzene rings is 2. The average molecular weight is 447 g/mol. The summed E-state index contributed by atoms with van der Waals surface area (Å²) in [6.45, 7) is 12.4. The fourth-order valence-corrected chi connectivity index (χ4v) is 5.10. The van der Waals surface area contributed by atoms with Crippen LogP contribution in [0.4, 0.5) is 5.69 Å². The van der Waals surface area contributed by atoms with Gasteiger partial charge in [-0.15, -0.1) is 0 Å². The number of imide groups is 1. The predicted molar refractivity (Wildman–Crippen MR) is 132 cm³/mol. The predicted octanol–water partition coefficient (Wildman–Crippen LogP) is 5.26. The molecule has 0 bridgehead atoms. The Morgan fingerprint density at radius 3 is 2.06 bits per heavy atom. The van der Waals surface area contributed by atoms with Crippen molar-refractivity contribution in [2.45, 2.75) is 46.5 Å². The molecule has 2 unspecified atom stereocenters. The van der Waals surface area contributed by atoms with Crippen molar-refractivity contribution in [1.82, 2.24) is 4.90 Å². The number of hydrogen-bond donors (Lipinski definition) is 0. The van der Waals surface area contributed by atoms with Gasteiger partial charge in [0.1, 0.15) is 11.4 Å². The third-order valence-corrected chi connectivity index (χ3v) is 6.61. The van der Waals surface area contributed by atoms with Gasteiger partial charge in [-0.1, -0.05) is 65.0 Å². The zero-order valence-electron chi connectivity index (χ0n) is 20.5. The number of hydrogen-bond acceptors (Lipinski definition) is 4. The number of amides is 2. The summed E-state index contributed by atoms with van der Waals surface area (Å²) in [6.07, 6.45) is 1.12. The van der Waals surface area contributed by atoms with Gasteiger partial charge in [0.2, 0.25) is 0 Å². The summed E-state index contributed by atoms with van der Waals surface area (Å²) in [6, 6.07) is 15.2. The molecule has 2 heterocycles. The summed E-state index contributed by atoms with van der Waals surface area (Å²) in [4.78, 5) is 31.1. The highest BCUT2D eigenvalue weighted by molar-refractivity contribution is 6.45. The molecule has 2 atom stereocenters. The van der Waals surface area contributed by atoms with Crippen LogP contribution in [0.5, 0.6) is 5.75 Å². The number of anilines is 1. The normalized spacial score (nSPS) is 21.8. The summed E-state index contributed by atoms with van der Waals surface area (Å²) in [5.74, 6) is 0.931. The number of carbonyl (C=O) groups is 2. The molecule has 1 saturated heterocycles. The fourth-order valence-electron chi connectivity index (χ4n) is 5.10. The first-order chi connectivity index (χ1) is 15.6. The topological polar surface area (TPSA) is 49.9 Å². The van der Waals surface area contributed by atoms with E-state index in [1.54, 1.807) is 7.11 Å². The first-order valence-corrected chi connectivity index (χ1v) is 11.7. The average Bonchev–Trinajstić information content (AvgIpc) is 3.02. The standard InChI is InChI=1S/C28H34N2O3/c1-18-15-19(2)17-29(16-18)25-24(22-9-7-8-10-23(22)33-6)26(31)30(27(25)32)21-13-11-20(12-14-21)28(3,4)5/h7-14,18-19H,15-17H2,1-6H3. The highest BCUT2D eigenvalue weighted by atomic mass is 16.5. The summed E-state index contributed by atoms with van der Waals surface area (Å²) in [5, 5.41) is 0. The Bertz CT molecular complexity index is 1080. The molecule has 5 nitrogen and oxygen atoms in total. The second-order valence-electron chi connectivity index (χ2n) is 10.5. The van der Waals surface area contributed by atoms with Crippen LogP contribution in [0.3, 0.4) is 0 Å². The van der Waals surface area contributed by atoms with Crippen LogP contribution in [0.25, 0.3) is 5.57 Å². The molecular weight excluding hydrogens is 412 g/mol. The first-order valence-electron chi connectivity index (χ1n) is 11.7. The molecule has 0 aromatic heterocycles. The molecule has 174 valence electrons. The van der Waals surface area contributed by atoms with Crippen molar-refractivity contribution in [2.75, 3.05) is 25.1 Å². The second-order valence-corrected chi connectivity index (χ2v) is 10.5. The first kappa shape index (κ1) is 23.1. The number of methoxy groups -OCH3 is 1. The lowest BCUT2D eigenvalue weighted by Crippen LogP contribution is -2.42. The molecule has 0 spiro atoms. The van der Waals surface area contributed by atoms with Gasteiger partial charge in [0.05, 0.1) is 18.4 Å². The number of nitrogens with zero attached hydrogens (tertiary/aromatic N) is 2. The van der Waals surface area contributed by atoms with Gasteiger partial charge in [-0.05, 0) is 47.4 Å². The van der Waals surface area contributed by atoms with Crippen LogP contribution in [-0.4, -0.2) is 36.9 Å². The molecule has 33 heavy (non-hydrogen) atoms. The third-order valence-electron chi connectivity index (χ3n) is 6.61. The lowest BCUT2D eigenvalue weighted by Gasteiger charge is -2.37. The van der Waals surface area contributed by atoms with E-state index in [1.807, 2.05) is 48.5 Å². The second kappa shape index (κ2) is 8.69. The number of piperidine rings is 1. The summed E-state index contributed by atoms with van der Waals surface area (Å²) in [7, 11) is 1.59. The quantitative estimate of drug-likeness (QED) is 0.602. The van der Waals surface area contributed by atoms with Crippen molar-refractivity contribution in [2.24, 2.45) is 11.8 Å². The number of para-hydroxylation sites is 1. The molecule has 2 aliphatic heterocycles. The lowest BCUT2D eigenvalue weighted by molar-refractivity contribution is -0.120. The zero-order chi connectivity index (χ0) is 23.9. The molecule has 2 aromatic rings. The maximum Gasteiger partial charge on any atom is 0.282 e. The fraction of sp³-hybridized carbons (Fsp3) is 0.429. The molecule has 0 radical (unpaired) electrons. The van der Waals surface area contributed by atoms with Crippen molar-refractivity contribution in [3.05, 3.63) is 65.4 Å². The molecule has 1 fully saturated rings. The monoisotopic (exact) mass is 446 g/mol. The summed E-state index contributed by atoms with van der Waals surface area (Å²) < 4.78 is 5.58. The molecule has 2 aromatic carbocycles. The van der Waals surface area contributed by atoms with Crippen LogP contribution in [0.1, 0.15) is 52.2 Å². The Morgan fingerprint density at radius 2 is 1.48 bits per heavy atom. The minimum Gasteiger partial charge on any atom is -0.496 e. The Morgan fingerprint density at radius 1 is 0.879 bits per heavy atom. The molecular formula is C28H34N2O3. The molecule has 4 rings (SSSR count). The van der Waals surface area contributed by atoms with Gasteiger partial charge in [-0.3, -0.25) is 9.59 Å². The zero-order valence-corrected chi connectivity index (χ0v) is 20.5. The largest absolute Gasteiger partial charge is 0.496 e. The molecule has 0 saturated carbocycles. The van der Waals surface area contributed by atoms with E-state index in [0.717, 1.165) is 25.1 Å². The number of ether oxygens (including phenoxy) is 1. The molecule has 0 N–H and O–H groups in total. The van der Waals surface area contributed by atoms with Gasteiger partial charge >= 0.3 is 0 Å². The highest BCUT2D eigenvalue weighted by Gasteiger charge is 2.44. The minimum absolute atomic E-state index is 0.0103. The Hall–Kier alpha value is -3.08. The van der Waals surface area contributed by atoms with Gasteiger partial charge in [0, 0.05) is 18.7 Å². The van der Waals surface area contributed by atoms with Crippen molar-refractivity contribution in [3.8, 4) is 5.75 Å². The van der Waals surface area contributed by atoms with E-state index >= 15 is 0 Å². The van der Waals surface area contributed by atoms with Crippen LogP contribution in [0.2, 0.25) is 0 Å². The molecule has 2 aliphatic rings. The van der Waals surface area contributed by atoms with Crippen LogP contribution in [0, 0.1) is 11.8 Å². The smallest absolute Gasteiger partial charge is 0.282 e. The van der Waals surface area contributed by atoms with E-state index < -0.39 is 0 Å². The third kappa shape index (κ3) is 4.29. The van der Waals surface area contributed by atoms with E-state index in [1.165, 1.54) is 4.90 Å². The van der Waals surface area contributed by atoms with Gasteiger partial charge in [0.15, 0.2) is 0 Å². The van der Waals surface area contributed by atoms with Gasteiger partial charge in [-0.2, -0.15) is 0 Å². The van der Waals surface area contributed by atoms with Crippen LogP contribution >= 0.6 is 0 Å². The van der Waals surface area contributed by atoms with Gasteiger partial charge < -0.3 is 9.64 Å². The summed E-state index contributed by atoms with van der Waals surface area (Å²) >= 11 is 0. The van der Waals surface area contributed by atoms with Crippen molar-refractivity contribution in [3.63, 3.8) is 0 Å². The van der Waals surface area contributed by atoms with Crippen molar-refractivity contribution in [1.29, 1.82) is 0 Å². The SMILES string of the molecule is COc1ccccc1C1=C(N2CC(C)CC(C)C2)C(=O)N(c2ccc(C(C)(C)C)cc2)C1=O. The van der Waals surface area contributed by atoms with E-state index in [-0.39, 0.29) is 17.2 Å². The molecule has 0 aliphatic carbocycles. The molecule has 5 heteroatoms. The van der Waals surface area contributed by atoms with Crippen LogP contribution in [-0.2, 0) is 15.0 Å². The number of rotatable bonds is 4. The van der Waals surface area contributed by atoms with Crippen LogP contribution in [0.15, 0.2) is 54.2 Å². The van der Waals surface area contributed by atoms with E-state index in [0.29, 0.717) is 40.1 Å². The van der Waals surface area contributed by atoms with Crippen LogP contribution < -0.4 is 9.64 Å². The Balaban J connectivity index is 1.83.